The van der Waals surface area contributed by atoms with E-state index >= 15 is 0 Å². The van der Waals surface area contributed by atoms with Crippen LogP contribution >= 0.6 is 11.6 Å². The smallest absolute Gasteiger partial charge is 0.261 e. The Morgan fingerprint density at radius 2 is 2.03 bits per heavy atom. The molecule has 3 atom stereocenters. The lowest BCUT2D eigenvalue weighted by molar-refractivity contribution is -0.138. The summed E-state index contributed by atoms with van der Waals surface area (Å²) in [6.07, 6.45) is 3.20. The highest BCUT2D eigenvalue weighted by molar-refractivity contribution is 6.30. The van der Waals surface area contributed by atoms with Crippen molar-refractivity contribution in [3.05, 3.63) is 64.6 Å². The van der Waals surface area contributed by atoms with E-state index in [1.54, 1.807) is 24.3 Å². The molecule has 2 aromatic heterocycles. The minimum absolute atomic E-state index is 0.00381. The summed E-state index contributed by atoms with van der Waals surface area (Å²) >= 11 is 5.99. The predicted molar refractivity (Wildman–Crippen MR) is 127 cm³/mol. The standard InChI is InChI=1S/C25H25ClN4O5/c1-14-2-4-20-18(8-14)19(31)10-22(35-20)25(33)29-16-3-5-21(34-13-16)24(32)27-11-17-12-30-7-6-15(26)9-23(30)28-17/h2,4,6-9,12,16,21-22H,3,5,10-11,13H2,1H3,(H,27,32)(H,29,33)/t16-,21+,22?/m1/s1. The van der Waals surface area contributed by atoms with Gasteiger partial charge in [-0.3, -0.25) is 14.4 Å². The Bertz CT molecular complexity index is 1300. The molecule has 0 radical (unpaired) electrons. The first-order valence-electron chi connectivity index (χ1n) is 11.5. The number of nitrogens with zero attached hydrogens (tertiary/aromatic N) is 2. The van der Waals surface area contributed by atoms with Crippen molar-refractivity contribution in [1.29, 1.82) is 0 Å². The molecule has 35 heavy (non-hydrogen) atoms. The molecule has 9 nitrogen and oxygen atoms in total. The van der Waals surface area contributed by atoms with Gasteiger partial charge in [0.1, 0.15) is 17.5 Å². The number of aromatic nitrogens is 2. The molecular weight excluding hydrogens is 472 g/mol. The second-order valence-corrected chi connectivity index (χ2v) is 9.34. The molecule has 3 aromatic rings. The topological polar surface area (TPSA) is 111 Å². The first kappa shape index (κ1) is 23.3. The molecule has 2 N–H and O–H groups in total. The number of aryl methyl sites for hydroxylation is 1. The number of ketones is 1. The number of pyridine rings is 1. The number of carbonyl (C=O) groups excluding carboxylic acids is 3. The second kappa shape index (κ2) is 9.67. The van der Waals surface area contributed by atoms with E-state index in [1.807, 2.05) is 29.8 Å². The van der Waals surface area contributed by atoms with E-state index in [0.29, 0.717) is 40.5 Å². The fourth-order valence-corrected chi connectivity index (χ4v) is 4.49. The van der Waals surface area contributed by atoms with Crippen LogP contribution in [0.15, 0.2) is 42.7 Å². The lowest BCUT2D eigenvalue weighted by Gasteiger charge is -2.31. The molecule has 1 fully saturated rings. The third-order valence-electron chi connectivity index (χ3n) is 6.20. The Morgan fingerprint density at radius 1 is 1.17 bits per heavy atom. The number of imidazole rings is 1. The lowest BCUT2D eigenvalue weighted by atomic mass is 9.98. The minimum atomic E-state index is -0.876. The van der Waals surface area contributed by atoms with Gasteiger partial charge in [0.05, 0.1) is 36.9 Å². The lowest BCUT2D eigenvalue weighted by Crippen LogP contribution is -2.51. The molecule has 182 valence electrons. The molecule has 1 aromatic carbocycles. The number of amides is 2. The van der Waals surface area contributed by atoms with Crippen LogP contribution in [0.2, 0.25) is 5.02 Å². The summed E-state index contributed by atoms with van der Waals surface area (Å²) in [4.78, 5) is 42.2. The minimum Gasteiger partial charge on any atom is -0.479 e. The van der Waals surface area contributed by atoms with Crippen molar-refractivity contribution in [2.75, 3.05) is 6.61 Å². The summed E-state index contributed by atoms with van der Waals surface area (Å²) in [5.41, 5.74) is 2.89. The molecule has 0 saturated carbocycles. The highest BCUT2D eigenvalue weighted by Gasteiger charge is 2.34. The van der Waals surface area contributed by atoms with E-state index in [9.17, 15) is 14.4 Å². The summed E-state index contributed by atoms with van der Waals surface area (Å²) in [6, 6.07) is 8.60. The molecule has 1 saturated heterocycles. The van der Waals surface area contributed by atoms with Gasteiger partial charge in [-0.25, -0.2) is 4.98 Å². The number of ether oxygens (including phenoxy) is 2. The van der Waals surface area contributed by atoms with Gasteiger partial charge in [-0.15, -0.1) is 0 Å². The zero-order chi connectivity index (χ0) is 24.5. The van der Waals surface area contributed by atoms with Gasteiger partial charge in [-0.2, -0.15) is 0 Å². The fourth-order valence-electron chi connectivity index (χ4n) is 4.34. The molecule has 0 spiro atoms. The number of benzene rings is 1. The van der Waals surface area contributed by atoms with E-state index in [4.69, 9.17) is 21.1 Å². The molecule has 4 heterocycles. The monoisotopic (exact) mass is 496 g/mol. The molecule has 0 aliphatic carbocycles. The number of fused-ring (bicyclic) bond motifs is 2. The summed E-state index contributed by atoms with van der Waals surface area (Å²) in [5, 5.41) is 6.34. The third kappa shape index (κ3) is 5.16. The second-order valence-electron chi connectivity index (χ2n) is 8.90. The fraction of sp³-hybridized carbons (Fsp3) is 0.360. The zero-order valence-corrected chi connectivity index (χ0v) is 19.9. The van der Waals surface area contributed by atoms with Crippen molar-refractivity contribution in [3.63, 3.8) is 0 Å². The first-order valence-corrected chi connectivity index (χ1v) is 11.9. The first-order chi connectivity index (χ1) is 16.9. The number of hydrogen-bond acceptors (Lipinski definition) is 6. The summed E-state index contributed by atoms with van der Waals surface area (Å²) in [5.74, 6) is -0.260. The Labute approximate surface area is 206 Å². The number of nitrogens with one attached hydrogen (secondary N) is 2. The molecule has 2 amide bonds. The maximum Gasteiger partial charge on any atom is 0.261 e. The predicted octanol–water partition coefficient (Wildman–Crippen LogP) is 2.61. The highest BCUT2D eigenvalue weighted by atomic mass is 35.5. The normalized spacial score (nSPS) is 21.8. The molecule has 2 aliphatic rings. The number of carbonyl (C=O) groups is 3. The number of halogens is 1. The van der Waals surface area contributed by atoms with Gasteiger partial charge < -0.3 is 24.5 Å². The zero-order valence-electron chi connectivity index (χ0n) is 19.1. The Kier molecular flexibility index (Phi) is 6.44. The van der Waals surface area contributed by atoms with Crippen LogP contribution in [0.3, 0.4) is 0 Å². The van der Waals surface area contributed by atoms with Crippen molar-refractivity contribution >= 4 is 34.8 Å². The summed E-state index contributed by atoms with van der Waals surface area (Å²) in [7, 11) is 0. The van der Waals surface area contributed by atoms with E-state index in [1.165, 1.54) is 0 Å². The van der Waals surface area contributed by atoms with Crippen molar-refractivity contribution in [3.8, 4) is 5.75 Å². The van der Waals surface area contributed by atoms with Crippen molar-refractivity contribution in [1.82, 2.24) is 20.0 Å². The van der Waals surface area contributed by atoms with E-state index in [-0.39, 0.29) is 43.2 Å². The maximum absolute atomic E-state index is 12.7. The summed E-state index contributed by atoms with van der Waals surface area (Å²) < 4.78 is 13.3. The molecule has 2 aliphatic heterocycles. The van der Waals surface area contributed by atoms with Crippen LogP contribution in [0, 0.1) is 6.92 Å². The van der Waals surface area contributed by atoms with Crippen LogP contribution in [0.5, 0.6) is 5.75 Å². The van der Waals surface area contributed by atoms with Crippen molar-refractivity contribution in [2.45, 2.75) is 51.0 Å². The maximum atomic E-state index is 12.7. The van der Waals surface area contributed by atoms with E-state index < -0.39 is 12.2 Å². The van der Waals surface area contributed by atoms with Crippen LogP contribution in [-0.2, 0) is 20.9 Å². The highest BCUT2D eigenvalue weighted by Crippen LogP contribution is 2.28. The van der Waals surface area contributed by atoms with Crippen LogP contribution < -0.4 is 15.4 Å². The van der Waals surface area contributed by atoms with E-state index in [0.717, 1.165) is 5.56 Å². The van der Waals surface area contributed by atoms with Gasteiger partial charge in [-0.05, 0) is 44.0 Å². The Balaban J connectivity index is 1.09. The van der Waals surface area contributed by atoms with Gasteiger partial charge in [0, 0.05) is 17.4 Å². The molecular formula is C25H25ClN4O5. The van der Waals surface area contributed by atoms with Gasteiger partial charge in [-0.1, -0.05) is 23.2 Å². The van der Waals surface area contributed by atoms with E-state index in [2.05, 4.69) is 15.6 Å². The van der Waals surface area contributed by atoms with Gasteiger partial charge in [0.15, 0.2) is 11.9 Å². The largest absolute Gasteiger partial charge is 0.479 e. The van der Waals surface area contributed by atoms with Crippen LogP contribution in [0.1, 0.15) is 40.9 Å². The number of hydrogen-bond donors (Lipinski definition) is 2. The van der Waals surface area contributed by atoms with Crippen LogP contribution in [0.4, 0.5) is 0 Å². The third-order valence-corrected chi connectivity index (χ3v) is 6.43. The average molecular weight is 497 g/mol. The van der Waals surface area contributed by atoms with Crippen molar-refractivity contribution in [2.24, 2.45) is 0 Å². The molecule has 1 unspecified atom stereocenters. The number of Topliss-reactive ketones (excluding diaryl/α,β-unsaturated/α-hetero) is 1. The quantitative estimate of drug-likeness (QED) is 0.561. The number of rotatable bonds is 5. The SMILES string of the molecule is Cc1ccc2c(c1)C(=O)CC(C(=O)N[C@@H]1CC[C@@H](C(=O)NCc3cn4ccc(Cl)cc4n3)OC1)O2. The molecule has 5 rings (SSSR count). The average Bonchev–Trinajstić information content (AvgIpc) is 3.25. The van der Waals surface area contributed by atoms with Crippen molar-refractivity contribution < 1.29 is 23.9 Å². The Hall–Kier alpha value is -3.43. The van der Waals surface area contributed by atoms with Gasteiger partial charge in [0.25, 0.3) is 5.91 Å². The van der Waals surface area contributed by atoms with Gasteiger partial charge >= 0.3 is 0 Å². The molecule has 0 bridgehead atoms. The molecule has 10 heteroatoms. The Morgan fingerprint density at radius 3 is 2.83 bits per heavy atom. The van der Waals surface area contributed by atoms with Crippen LogP contribution in [-0.4, -0.2) is 51.8 Å². The summed E-state index contributed by atoms with van der Waals surface area (Å²) in [6.45, 7) is 2.37. The van der Waals surface area contributed by atoms with Crippen LogP contribution in [0.25, 0.3) is 5.65 Å². The van der Waals surface area contributed by atoms with Gasteiger partial charge in [0.2, 0.25) is 5.91 Å².